The topological polar surface area (TPSA) is 25.4 Å². The maximum Gasteiger partial charge on any atom is 0.112 e. The van der Waals surface area contributed by atoms with Crippen LogP contribution in [0.15, 0.2) is 54.6 Å². The van der Waals surface area contributed by atoms with Crippen LogP contribution in [0.25, 0.3) is 32.6 Å². The summed E-state index contributed by atoms with van der Waals surface area (Å²) in [5.74, 6) is 0. The first-order valence-electron chi connectivity index (χ1n) is 8.28. The van der Waals surface area contributed by atoms with Crippen molar-refractivity contribution >= 4 is 32.6 Å². The lowest BCUT2D eigenvalue weighted by Gasteiger charge is -2.15. The highest BCUT2D eigenvalue weighted by Gasteiger charge is 2.45. The molecule has 4 aromatic rings. The van der Waals surface area contributed by atoms with Gasteiger partial charge in [-0.25, -0.2) is 4.98 Å². The second-order valence-corrected chi connectivity index (χ2v) is 6.69. The summed E-state index contributed by atoms with van der Waals surface area (Å²) in [6.45, 7) is 0. The van der Waals surface area contributed by atoms with Crippen LogP contribution in [0.2, 0.25) is 0 Å². The number of pyridine rings is 1. The van der Waals surface area contributed by atoms with Crippen molar-refractivity contribution in [1.82, 2.24) is 4.98 Å². The van der Waals surface area contributed by atoms with Crippen molar-refractivity contribution in [2.24, 2.45) is 0 Å². The van der Waals surface area contributed by atoms with Crippen LogP contribution in [-0.4, -0.2) is 11.1 Å². The number of nitrogens with zero attached hydrogens (tertiary/aromatic N) is 1. The fourth-order valence-electron chi connectivity index (χ4n) is 4.15. The molecule has 2 atom stereocenters. The number of fused-ring (bicyclic) bond motifs is 8. The molecule has 110 valence electrons. The monoisotopic (exact) mass is 297 g/mol. The predicted octanol–water partition coefficient (Wildman–Crippen LogP) is 4.93. The van der Waals surface area contributed by atoms with Gasteiger partial charge < -0.3 is 4.74 Å². The summed E-state index contributed by atoms with van der Waals surface area (Å²) in [7, 11) is 0. The number of hydrogen-bond acceptors (Lipinski definition) is 2. The molecule has 1 fully saturated rings. The van der Waals surface area contributed by atoms with Crippen LogP contribution >= 0.6 is 0 Å². The lowest BCUT2D eigenvalue weighted by atomic mass is 9.89. The quantitative estimate of drug-likeness (QED) is 0.261. The number of ether oxygens (including phenoxy) is 1. The summed E-state index contributed by atoms with van der Waals surface area (Å²) >= 11 is 0. The van der Waals surface area contributed by atoms with E-state index in [0.717, 1.165) is 23.9 Å². The second-order valence-electron chi connectivity index (χ2n) is 6.69. The van der Waals surface area contributed by atoms with Gasteiger partial charge in [0.1, 0.15) is 6.10 Å². The molecule has 23 heavy (non-hydrogen) atoms. The molecule has 0 amide bonds. The molecule has 1 aliphatic carbocycles. The van der Waals surface area contributed by atoms with E-state index in [0.29, 0.717) is 6.10 Å². The van der Waals surface area contributed by atoms with Gasteiger partial charge in [0.15, 0.2) is 0 Å². The number of rotatable bonds is 0. The summed E-state index contributed by atoms with van der Waals surface area (Å²) in [5, 5.41) is 4.91. The highest BCUT2D eigenvalue weighted by Crippen LogP contribution is 2.49. The molecule has 2 heteroatoms. The average Bonchev–Trinajstić information content (AvgIpc) is 3.39. The van der Waals surface area contributed by atoms with Crippen LogP contribution in [-0.2, 0) is 11.2 Å². The van der Waals surface area contributed by atoms with Crippen LogP contribution in [0, 0.1) is 0 Å². The number of aryl methyl sites for hydroxylation is 1. The van der Waals surface area contributed by atoms with E-state index in [4.69, 9.17) is 9.72 Å². The number of epoxide rings is 1. The Morgan fingerprint density at radius 3 is 2.70 bits per heavy atom. The van der Waals surface area contributed by atoms with E-state index < -0.39 is 0 Å². The Morgan fingerprint density at radius 2 is 1.70 bits per heavy atom. The predicted molar refractivity (Wildman–Crippen MR) is 92.7 cm³/mol. The van der Waals surface area contributed by atoms with Gasteiger partial charge in [-0.05, 0) is 29.9 Å². The molecule has 6 rings (SSSR count). The molecule has 0 unspecified atom stereocenters. The molecule has 0 radical (unpaired) electrons. The van der Waals surface area contributed by atoms with Gasteiger partial charge in [0.2, 0.25) is 0 Å². The SMILES string of the molecule is c1ccc2c(c1)ccc1cc3ccc4c(c3nc12)[C@H]1O[C@H]1CC4. The lowest BCUT2D eigenvalue weighted by molar-refractivity contribution is 0.373. The van der Waals surface area contributed by atoms with Crippen molar-refractivity contribution in [2.75, 3.05) is 0 Å². The molecule has 2 heterocycles. The van der Waals surface area contributed by atoms with E-state index in [1.165, 1.54) is 32.7 Å². The molecule has 2 aliphatic rings. The summed E-state index contributed by atoms with van der Waals surface area (Å²) in [6.07, 6.45) is 2.97. The zero-order chi connectivity index (χ0) is 15.0. The van der Waals surface area contributed by atoms with Crippen molar-refractivity contribution in [1.29, 1.82) is 0 Å². The largest absolute Gasteiger partial charge is 0.364 e. The second kappa shape index (κ2) is 4.09. The van der Waals surface area contributed by atoms with Crippen LogP contribution in [0.3, 0.4) is 0 Å². The first kappa shape index (κ1) is 12.0. The molecule has 1 aliphatic heterocycles. The van der Waals surface area contributed by atoms with Gasteiger partial charge >= 0.3 is 0 Å². The van der Waals surface area contributed by atoms with Crippen molar-refractivity contribution in [3.63, 3.8) is 0 Å². The Morgan fingerprint density at radius 1 is 0.870 bits per heavy atom. The Balaban J connectivity index is 1.78. The first-order valence-corrected chi connectivity index (χ1v) is 8.28. The Labute approximate surface area is 133 Å². The highest BCUT2D eigenvalue weighted by molar-refractivity contribution is 6.08. The van der Waals surface area contributed by atoms with E-state index in [1.807, 2.05) is 0 Å². The third-order valence-corrected chi connectivity index (χ3v) is 5.37. The molecule has 3 aromatic carbocycles. The average molecular weight is 297 g/mol. The summed E-state index contributed by atoms with van der Waals surface area (Å²) in [5.41, 5.74) is 5.00. The molecule has 0 saturated carbocycles. The maximum atomic E-state index is 5.87. The molecular weight excluding hydrogens is 282 g/mol. The maximum absolute atomic E-state index is 5.87. The first-order chi connectivity index (χ1) is 11.4. The molecule has 1 aromatic heterocycles. The minimum atomic E-state index is 0.280. The van der Waals surface area contributed by atoms with E-state index in [2.05, 4.69) is 54.6 Å². The minimum absolute atomic E-state index is 0.280. The minimum Gasteiger partial charge on any atom is -0.364 e. The Bertz CT molecular complexity index is 1110. The van der Waals surface area contributed by atoms with Gasteiger partial charge in [-0.15, -0.1) is 0 Å². The third kappa shape index (κ3) is 1.59. The number of aromatic nitrogens is 1. The molecule has 1 saturated heterocycles. The van der Waals surface area contributed by atoms with Gasteiger partial charge in [0.25, 0.3) is 0 Å². The van der Waals surface area contributed by atoms with Gasteiger partial charge in [0, 0.05) is 21.7 Å². The van der Waals surface area contributed by atoms with E-state index in [9.17, 15) is 0 Å². The lowest BCUT2D eigenvalue weighted by Crippen LogP contribution is -2.05. The van der Waals surface area contributed by atoms with Crippen LogP contribution in [0.1, 0.15) is 23.7 Å². The van der Waals surface area contributed by atoms with Crippen molar-refractivity contribution in [2.45, 2.75) is 25.0 Å². The third-order valence-electron chi connectivity index (χ3n) is 5.37. The van der Waals surface area contributed by atoms with Crippen molar-refractivity contribution < 1.29 is 4.74 Å². The van der Waals surface area contributed by atoms with Crippen molar-refractivity contribution in [3.05, 3.63) is 65.7 Å². The molecule has 0 spiro atoms. The number of hydrogen-bond donors (Lipinski definition) is 0. The summed E-state index contributed by atoms with van der Waals surface area (Å²) in [6, 6.07) is 19.6. The van der Waals surface area contributed by atoms with Crippen LogP contribution in [0.5, 0.6) is 0 Å². The van der Waals surface area contributed by atoms with Crippen LogP contribution in [0.4, 0.5) is 0 Å². The standard InChI is InChI=1S/C21H15NO/c1-2-4-16-12(3-1)5-7-14-11-15-8-6-13-9-10-17-21(23-17)18(13)20(15)22-19(14)16/h1-8,11,17,21H,9-10H2/t17-,21-/m0/s1. The summed E-state index contributed by atoms with van der Waals surface area (Å²) in [4.78, 5) is 5.12. The Kier molecular flexibility index (Phi) is 2.14. The zero-order valence-electron chi connectivity index (χ0n) is 12.6. The number of benzene rings is 3. The van der Waals surface area contributed by atoms with Crippen molar-refractivity contribution in [3.8, 4) is 0 Å². The Hall–Kier alpha value is -2.45. The van der Waals surface area contributed by atoms with Gasteiger partial charge in [-0.3, -0.25) is 0 Å². The van der Waals surface area contributed by atoms with E-state index in [1.54, 1.807) is 0 Å². The molecule has 0 N–H and O–H groups in total. The van der Waals surface area contributed by atoms with E-state index in [-0.39, 0.29) is 6.10 Å². The van der Waals surface area contributed by atoms with Gasteiger partial charge in [-0.2, -0.15) is 0 Å². The van der Waals surface area contributed by atoms with Gasteiger partial charge in [0.05, 0.1) is 17.1 Å². The fraction of sp³-hybridized carbons (Fsp3) is 0.190. The smallest absolute Gasteiger partial charge is 0.112 e. The molecule has 0 bridgehead atoms. The van der Waals surface area contributed by atoms with Crippen LogP contribution < -0.4 is 0 Å². The fourth-order valence-corrected chi connectivity index (χ4v) is 4.15. The van der Waals surface area contributed by atoms with E-state index >= 15 is 0 Å². The van der Waals surface area contributed by atoms with Gasteiger partial charge in [-0.1, -0.05) is 48.5 Å². The zero-order valence-corrected chi connectivity index (χ0v) is 12.6. The normalized spacial score (nSPS) is 22.3. The molecular formula is C21H15NO. The highest BCUT2D eigenvalue weighted by atomic mass is 16.6. The summed E-state index contributed by atoms with van der Waals surface area (Å²) < 4.78 is 5.87. The molecule has 2 nitrogen and oxygen atoms in total.